The smallest absolute Gasteiger partial charge is 0.238 e. The summed E-state index contributed by atoms with van der Waals surface area (Å²) < 4.78 is 0. The first-order valence-electron chi connectivity index (χ1n) is 8.74. The molecule has 5 nitrogen and oxygen atoms in total. The van der Waals surface area contributed by atoms with E-state index >= 15 is 0 Å². The van der Waals surface area contributed by atoms with Crippen LogP contribution in [0.5, 0.6) is 0 Å². The number of benzene rings is 1. The Hall–Kier alpha value is -2.14. The van der Waals surface area contributed by atoms with Crippen molar-refractivity contribution in [2.24, 2.45) is 0 Å². The highest BCUT2D eigenvalue weighted by Gasteiger charge is 2.15. The van der Waals surface area contributed by atoms with Gasteiger partial charge >= 0.3 is 0 Å². The minimum absolute atomic E-state index is 0.00151. The van der Waals surface area contributed by atoms with Gasteiger partial charge in [0, 0.05) is 31.6 Å². The number of carbonyl (C=O) groups excluding carboxylic acids is 1. The Morgan fingerprint density at radius 2 is 1.96 bits per heavy atom. The van der Waals surface area contributed by atoms with Gasteiger partial charge in [0.2, 0.25) is 5.91 Å². The van der Waals surface area contributed by atoms with E-state index in [9.17, 15) is 4.79 Å². The van der Waals surface area contributed by atoms with E-state index < -0.39 is 0 Å². The predicted octanol–water partition coefficient (Wildman–Crippen LogP) is 3.16. The summed E-state index contributed by atoms with van der Waals surface area (Å²) in [5, 5.41) is 7.41. The lowest BCUT2D eigenvalue weighted by Gasteiger charge is -2.22. The molecule has 128 valence electrons. The van der Waals surface area contributed by atoms with Crippen molar-refractivity contribution in [2.75, 3.05) is 30.9 Å². The number of amides is 1. The highest BCUT2D eigenvalue weighted by atomic mass is 16.1. The number of rotatable bonds is 5. The summed E-state index contributed by atoms with van der Waals surface area (Å²) in [4.78, 5) is 18.9. The molecule has 2 aromatic rings. The number of carbonyl (C=O) groups is 1. The number of para-hydroxylation sites is 1. The molecule has 5 heteroatoms. The molecule has 0 atom stereocenters. The molecule has 0 spiro atoms. The Balaban J connectivity index is 1.72. The van der Waals surface area contributed by atoms with E-state index in [1.807, 2.05) is 49.3 Å². The van der Waals surface area contributed by atoms with Crippen LogP contribution in [0.2, 0.25) is 0 Å². The molecule has 0 unspecified atom stereocenters. The molecule has 1 aliphatic carbocycles. The largest absolute Gasteiger partial charge is 0.363 e. The third kappa shape index (κ3) is 4.03. The first kappa shape index (κ1) is 16.7. The molecule has 2 N–H and O–H groups in total. The van der Waals surface area contributed by atoms with Gasteiger partial charge in [0.25, 0.3) is 0 Å². The number of nitrogens with one attached hydrogen (secondary N) is 2. The van der Waals surface area contributed by atoms with Gasteiger partial charge in [-0.25, -0.2) is 4.98 Å². The molecule has 0 radical (unpaired) electrons. The average molecular weight is 326 g/mol. The van der Waals surface area contributed by atoms with Gasteiger partial charge in [-0.1, -0.05) is 37.5 Å². The Morgan fingerprint density at radius 1 is 1.21 bits per heavy atom. The monoisotopic (exact) mass is 326 g/mol. The Labute approximate surface area is 143 Å². The number of hydrogen-bond acceptors (Lipinski definition) is 4. The minimum Gasteiger partial charge on any atom is -0.363 e. The first-order valence-corrected chi connectivity index (χ1v) is 8.74. The normalized spacial score (nSPS) is 15.4. The molecule has 1 aromatic carbocycles. The van der Waals surface area contributed by atoms with E-state index in [0.29, 0.717) is 12.6 Å². The second kappa shape index (κ2) is 7.62. The zero-order valence-corrected chi connectivity index (χ0v) is 14.5. The molecule has 1 aliphatic rings. The summed E-state index contributed by atoms with van der Waals surface area (Å²) in [6.45, 7) is 0.360. The summed E-state index contributed by atoms with van der Waals surface area (Å²) in [7, 11) is 3.90. The number of aromatic nitrogens is 1. The van der Waals surface area contributed by atoms with Crippen molar-refractivity contribution >= 4 is 28.3 Å². The van der Waals surface area contributed by atoms with Gasteiger partial charge in [0.05, 0.1) is 17.7 Å². The fraction of sp³-hybridized carbons (Fsp3) is 0.474. The van der Waals surface area contributed by atoms with E-state index in [4.69, 9.17) is 0 Å². The summed E-state index contributed by atoms with van der Waals surface area (Å²) in [6, 6.07) is 10.3. The number of hydrogen-bond donors (Lipinski definition) is 2. The zero-order chi connectivity index (χ0) is 16.9. The standard InChI is InChI=1S/C19H26N4O/c1-23(2)18-12-17(15-10-6-7-11-16(15)21-18)22-19(24)13-20-14-8-4-3-5-9-14/h6-7,10-12,14,20H,3-5,8-9,13H2,1-2H3,(H,21,22,24). The van der Waals surface area contributed by atoms with Crippen LogP contribution < -0.4 is 15.5 Å². The van der Waals surface area contributed by atoms with Gasteiger partial charge in [-0.3, -0.25) is 4.79 Å². The molecule has 24 heavy (non-hydrogen) atoms. The van der Waals surface area contributed by atoms with Crippen molar-refractivity contribution in [1.82, 2.24) is 10.3 Å². The highest BCUT2D eigenvalue weighted by molar-refractivity contribution is 6.02. The lowest BCUT2D eigenvalue weighted by molar-refractivity contribution is -0.115. The fourth-order valence-corrected chi connectivity index (χ4v) is 3.23. The zero-order valence-electron chi connectivity index (χ0n) is 14.5. The molecule has 1 aromatic heterocycles. The van der Waals surface area contributed by atoms with Gasteiger partial charge < -0.3 is 15.5 Å². The third-order valence-electron chi connectivity index (χ3n) is 4.59. The van der Waals surface area contributed by atoms with Crippen LogP contribution in [0.1, 0.15) is 32.1 Å². The summed E-state index contributed by atoms with van der Waals surface area (Å²) >= 11 is 0. The Bertz CT molecular complexity index is 708. The Kier molecular flexibility index (Phi) is 5.30. The lowest BCUT2D eigenvalue weighted by atomic mass is 9.95. The summed E-state index contributed by atoms with van der Waals surface area (Å²) in [5.74, 6) is 0.839. The van der Waals surface area contributed by atoms with Crippen molar-refractivity contribution in [3.05, 3.63) is 30.3 Å². The van der Waals surface area contributed by atoms with Gasteiger partial charge in [-0.05, 0) is 18.9 Å². The topological polar surface area (TPSA) is 57.3 Å². The van der Waals surface area contributed by atoms with E-state index in [-0.39, 0.29) is 5.91 Å². The van der Waals surface area contributed by atoms with E-state index in [0.717, 1.165) is 22.4 Å². The van der Waals surface area contributed by atoms with Crippen molar-refractivity contribution < 1.29 is 4.79 Å². The maximum Gasteiger partial charge on any atom is 0.238 e. The first-order chi connectivity index (χ1) is 11.6. The van der Waals surface area contributed by atoms with Crippen molar-refractivity contribution in [3.8, 4) is 0 Å². The molecule has 0 aliphatic heterocycles. The van der Waals surface area contributed by atoms with Crippen LogP contribution in [0.4, 0.5) is 11.5 Å². The summed E-state index contributed by atoms with van der Waals surface area (Å²) in [5.41, 5.74) is 1.71. The molecule has 1 amide bonds. The average Bonchev–Trinajstić information content (AvgIpc) is 2.60. The lowest BCUT2D eigenvalue weighted by Crippen LogP contribution is -2.37. The fourth-order valence-electron chi connectivity index (χ4n) is 3.23. The molecular weight excluding hydrogens is 300 g/mol. The van der Waals surface area contributed by atoms with Crippen molar-refractivity contribution in [3.63, 3.8) is 0 Å². The molecule has 0 saturated heterocycles. The molecule has 3 rings (SSSR count). The van der Waals surface area contributed by atoms with Crippen LogP contribution in [0, 0.1) is 0 Å². The van der Waals surface area contributed by atoms with Crippen LogP contribution in [0.25, 0.3) is 10.9 Å². The SMILES string of the molecule is CN(C)c1cc(NC(=O)CNC2CCCCC2)c2ccccc2n1. The van der Waals surface area contributed by atoms with Crippen LogP contribution in [0.3, 0.4) is 0 Å². The third-order valence-corrected chi connectivity index (χ3v) is 4.59. The van der Waals surface area contributed by atoms with E-state index in [1.54, 1.807) is 0 Å². The van der Waals surface area contributed by atoms with Gasteiger partial charge in [0.15, 0.2) is 0 Å². The second-order valence-corrected chi connectivity index (χ2v) is 6.70. The van der Waals surface area contributed by atoms with Crippen molar-refractivity contribution in [2.45, 2.75) is 38.1 Å². The van der Waals surface area contributed by atoms with Crippen LogP contribution in [-0.2, 0) is 4.79 Å². The van der Waals surface area contributed by atoms with Gasteiger partial charge in [0.1, 0.15) is 5.82 Å². The highest BCUT2D eigenvalue weighted by Crippen LogP contribution is 2.26. The van der Waals surface area contributed by atoms with Crippen LogP contribution in [-0.4, -0.2) is 37.6 Å². The quantitative estimate of drug-likeness (QED) is 0.886. The van der Waals surface area contributed by atoms with Crippen molar-refractivity contribution in [1.29, 1.82) is 0 Å². The molecule has 1 saturated carbocycles. The maximum absolute atomic E-state index is 12.4. The van der Waals surface area contributed by atoms with Crippen LogP contribution in [0.15, 0.2) is 30.3 Å². The number of pyridine rings is 1. The Morgan fingerprint density at radius 3 is 2.71 bits per heavy atom. The van der Waals surface area contributed by atoms with E-state index in [1.165, 1.54) is 32.1 Å². The van der Waals surface area contributed by atoms with E-state index in [2.05, 4.69) is 15.6 Å². The predicted molar refractivity (Wildman–Crippen MR) is 99.6 cm³/mol. The molecule has 1 heterocycles. The van der Waals surface area contributed by atoms with Gasteiger partial charge in [-0.2, -0.15) is 0 Å². The maximum atomic E-state index is 12.4. The van der Waals surface area contributed by atoms with Gasteiger partial charge in [-0.15, -0.1) is 0 Å². The summed E-state index contributed by atoms with van der Waals surface area (Å²) in [6.07, 6.45) is 6.20. The molecular formula is C19H26N4O. The molecule has 0 bridgehead atoms. The number of nitrogens with zero attached hydrogens (tertiary/aromatic N) is 2. The minimum atomic E-state index is 0.00151. The number of fused-ring (bicyclic) bond motifs is 1. The second-order valence-electron chi connectivity index (χ2n) is 6.70. The molecule has 1 fully saturated rings. The van der Waals surface area contributed by atoms with Crippen LogP contribution >= 0.6 is 0 Å². The number of anilines is 2.